The van der Waals surface area contributed by atoms with Gasteiger partial charge in [0, 0.05) is 11.1 Å². The van der Waals surface area contributed by atoms with Crippen molar-refractivity contribution in [3.05, 3.63) is 52.0 Å². The Morgan fingerprint density at radius 3 is 2.76 bits per heavy atom. The van der Waals surface area contributed by atoms with E-state index in [-0.39, 0.29) is 18.4 Å². The van der Waals surface area contributed by atoms with Gasteiger partial charge in [-0.2, -0.15) is 0 Å². The fourth-order valence-corrected chi connectivity index (χ4v) is 3.15. The monoisotopic (exact) mass is 301 g/mol. The van der Waals surface area contributed by atoms with Gasteiger partial charge in [0.25, 0.3) is 5.91 Å². The Bertz CT molecular complexity index is 669. The summed E-state index contributed by atoms with van der Waals surface area (Å²) in [6, 6.07) is 8.69. The Morgan fingerprint density at radius 2 is 2.10 bits per heavy atom. The van der Waals surface area contributed by atoms with E-state index in [0.717, 1.165) is 15.4 Å². The molecule has 1 aromatic heterocycles. The number of thiazole rings is 1. The molecule has 1 fully saturated rings. The maximum Gasteiger partial charge on any atom is 0.250 e. The van der Waals surface area contributed by atoms with Crippen LogP contribution in [0, 0.1) is 6.92 Å². The number of carbonyl (C=O) groups excluding carboxylic acids is 2. The van der Waals surface area contributed by atoms with Gasteiger partial charge in [-0.25, -0.2) is 4.98 Å². The van der Waals surface area contributed by atoms with Gasteiger partial charge in [0.15, 0.2) is 0 Å². The Morgan fingerprint density at radius 1 is 1.33 bits per heavy atom. The minimum atomic E-state index is -0.603. The first-order chi connectivity index (χ1) is 10.1. The molecule has 0 spiro atoms. The van der Waals surface area contributed by atoms with Crippen molar-refractivity contribution in [1.29, 1.82) is 0 Å². The van der Waals surface area contributed by atoms with Gasteiger partial charge in [0.05, 0.1) is 6.54 Å². The third-order valence-electron chi connectivity index (χ3n) is 3.33. The summed E-state index contributed by atoms with van der Waals surface area (Å²) in [4.78, 5) is 31.4. The maximum atomic E-state index is 12.6. The lowest BCUT2D eigenvalue weighted by Gasteiger charge is -2.32. The zero-order valence-corrected chi connectivity index (χ0v) is 12.4. The number of rotatable bonds is 3. The first kappa shape index (κ1) is 13.8. The molecule has 1 aliphatic rings. The van der Waals surface area contributed by atoms with Crippen molar-refractivity contribution in [3.63, 3.8) is 0 Å². The topological polar surface area (TPSA) is 62.3 Å². The summed E-state index contributed by atoms with van der Waals surface area (Å²) in [5.41, 5.74) is 0.802. The number of nitrogens with zero attached hydrogens (tertiary/aromatic N) is 2. The fraction of sp³-hybridized carbons (Fsp3) is 0.267. The first-order valence-electron chi connectivity index (χ1n) is 6.68. The van der Waals surface area contributed by atoms with E-state index in [1.165, 1.54) is 0 Å². The number of hydrogen-bond acceptors (Lipinski definition) is 4. The van der Waals surface area contributed by atoms with E-state index in [0.29, 0.717) is 6.54 Å². The van der Waals surface area contributed by atoms with Gasteiger partial charge in [-0.3, -0.25) is 9.59 Å². The van der Waals surface area contributed by atoms with Crippen molar-refractivity contribution in [2.24, 2.45) is 0 Å². The number of piperazine rings is 1. The van der Waals surface area contributed by atoms with Crippen LogP contribution in [-0.2, 0) is 16.1 Å². The molecule has 2 amide bonds. The van der Waals surface area contributed by atoms with Crippen molar-refractivity contribution >= 4 is 23.2 Å². The smallest absolute Gasteiger partial charge is 0.250 e. The summed E-state index contributed by atoms with van der Waals surface area (Å²) in [6.45, 7) is 2.44. The highest BCUT2D eigenvalue weighted by Gasteiger charge is 2.33. The Hall–Kier alpha value is -2.21. The van der Waals surface area contributed by atoms with Crippen LogP contribution >= 0.6 is 11.3 Å². The van der Waals surface area contributed by atoms with Gasteiger partial charge < -0.3 is 10.2 Å². The van der Waals surface area contributed by atoms with Crippen molar-refractivity contribution in [1.82, 2.24) is 15.2 Å². The summed E-state index contributed by atoms with van der Waals surface area (Å²) in [5.74, 6) is -0.231. The molecule has 0 aliphatic carbocycles. The number of benzene rings is 1. The maximum absolute atomic E-state index is 12.6. The summed E-state index contributed by atoms with van der Waals surface area (Å²) in [5, 5.41) is 3.61. The molecule has 1 atom stereocenters. The van der Waals surface area contributed by atoms with Crippen molar-refractivity contribution in [2.45, 2.75) is 19.5 Å². The predicted octanol–water partition coefficient (Wildman–Crippen LogP) is 1.65. The van der Waals surface area contributed by atoms with Gasteiger partial charge in [0.2, 0.25) is 5.91 Å². The standard InChI is InChI=1S/C15H15N3O2S/c1-10-7-16-13(21-10)9-18-8-12(19)17-14(15(18)20)11-5-3-2-4-6-11/h2-7,14H,8-9H2,1H3,(H,17,19). The second-order valence-electron chi connectivity index (χ2n) is 4.97. The molecular weight excluding hydrogens is 286 g/mol. The van der Waals surface area contributed by atoms with Crippen LogP contribution in [0.2, 0.25) is 0 Å². The lowest BCUT2D eigenvalue weighted by molar-refractivity contribution is -0.145. The highest BCUT2D eigenvalue weighted by Crippen LogP contribution is 2.21. The van der Waals surface area contributed by atoms with Crippen LogP contribution < -0.4 is 5.32 Å². The number of nitrogens with one attached hydrogen (secondary N) is 1. The number of carbonyl (C=O) groups is 2. The molecule has 1 N–H and O–H groups in total. The van der Waals surface area contributed by atoms with Crippen LogP contribution in [0.1, 0.15) is 21.5 Å². The van der Waals surface area contributed by atoms with Gasteiger partial charge in [-0.05, 0) is 12.5 Å². The van der Waals surface area contributed by atoms with Crippen LogP contribution in [0.4, 0.5) is 0 Å². The van der Waals surface area contributed by atoms with Gasteiger partial charge in [0.1, 0.15) is 17.6 Å². The second-order valence-corrected chi connectivity index (χ2v) is 6.29. The summed E-state index contributed by atoms with van der Waals surface area (Å²) in [6.07, 6.45) is 1.78. The first-order valence-corrected chi connectivity index (χ1v) is 7.49. The lowest BCUT2D eigenvalue weighted by atomic mass is 10.0. The molecule has 21 heavy (non-hydrogen) atoms. The van der Waals surface area contributed by atoms with Crippen LogP contribution in [0.25, 0.3) is 0 Å². The molecule has 1 aliphatic heterocycles. The average Bonchev–Trinajstić information content (AvgIpc) is 2.89. The predicted molar refractivity (Wildman–Crippen MR) is 79.6 cm³/mol. The lowest BCUT2D eigenvalue weighted by Crippen LogP contribution is -2.52. The Balaban J connectivity index is 1.81. The average molecular weight is 301 g/mol. The molecule has 6 heteroatoms. The zero-order valence-electron chi connectivity index (χ0n) is 11.6. The van der Waals surface area contributed by atoms with E-state index >= 15 is 0 Å². The van der Waals surface area contributed by atoms with Crippen molar-refractivity contribution in [3.8, 4) is 0 Å². The molecule has 0 saturated carbocycles. The van der Waals surface area contributed by atoms with E-state index < -0.39 is 6.04 Å². The van der Waals surface area contributed by atoms with E-state index in [1.54, 1.807) is 22.4 Å². The molecule has 2 heterocycles. The third-order valence-corrected chi connectivity index (χ3v) is 4.22. The molecule has 0 radical (unpaired) electrons. The van der Waals surface area contributed by atoms with E-state index in [9.17, 15) is 9.59 Å². The fourth-order valence-electron chi connectivity index (χ4n) is 2.35. The third kappa shape index (κ3) is 2.95. The minimum Gasteiger partial charge on any atom is -0.339 e. The van der Waals surface area contributed by atoms with Crippen LogP contribution in [0.15, 0.2) is 36.5 Å². The Kier molecular flexibility index (Phi) is 3.70. The van der Waals surface area contributed by atoms with Crippen molar-refractivity contribution < 1.29 is 9.59 Å². The SMILES string of the molecule is Cc1cnc(CN2CC(=O)NC(c3ccccc3)C2=O)s1. The van der Waals surface area contributed by atoms with Gasteiger partial charge >= 0.3 is 0 Å². The van der Waals surface area contributed by atoms with Crippen LogP contribution in [0.5, 0.6) is 0 Å². The number of amides is 2. The Labute approximate surface area is 126 Å². The van der Waals surface area contributed by atoms with Crippen molar-refractivity contribution in [2.75, 3.05) is 6.54 Å². The summed E-state index contributed by atoms with van der Waals surface area (Å²) >= 11 is 1.54. The van der Waals surface area contributed by atoms with Crippen LogP contribution in [0.3, 0.4) is 0 Å². The normalized spacial score (nSPS) is 18.7. The molecule has 108 valence electrons. The molecular formula is C15H15N3O2S. The zero-order chi connectivity index (χ0) is 14.8. The van der Waals surface area contributed by atoms with E-state index in [2.05, 4.69) is 10.3 Å². The van der Waals surface area contributed by atoms with Gasteiger partial charge in [-0.1, -0.05) is 30.3 Å². The van der Waals surface area contributed by atoms with Crippen LogP contribution in [-0.4, -0.2) is 28.2 Å². The quantitative estimate of drug-likeness (QED) is 0.937. The molecule has 1 aromatic carbocycles. The van der Waals surface area contributed by atoms with E-state index in [4.69, 9.17) is 0 Å². The summed E-state index contributed by atoms with van der Waals surface area (Å²) < 4.78 is 0. The highest BCUT2D eigenvalue weighted by molar-refractivity contribution is 7.11. The van der Waals surface area contributed by atoms with E-state index in [1.807, 2.05) is 37.3 Å². The number of aryl methyl sites for hydroxylation is 1. The molecule has 1 saturated heterocycles. The molecule has 0 bridgehead atoms. The highest BCUT2D eigenvalue weighted by atomic mass is 32.1. The minimum absolute atomic E-state index is 0.0841. The molecule has 5 nitrogen and oxygen atoms in total. The summed E-state index contributed by atoms with van der Waals surface area (Å²) in [7, 11) is 0. The number of aromatic nitrogens is 1. The molecule has 3 rings (SSSR count). The molecule has 2 aromatic rings. The second kappa shape index (κ2) is 5.65. The van der Waals surface area contributed by atoms with Gasteiger partial charge in [-0.15, -0.1) is 11.3 Å². The number of hydrogen-bond donors (Lipinski definition) is 1. The largest absolute Gasteiger partial charge is 0.339 e. The molecule has 1 unspecified atom stereocenters.